The van der Waals surface area contributed by atoms with E-state index in [1.807, 2.05) is 12.1 Å². The molecule has 0 saturated heterocycles. The van der Waals surface area contributed by atoms with Crippen LogP contribution in [0.4, 0.5) is 5.69 Å². The number of hydrogen-bond donors (Lipinski definition) is 1. The van der Waals surface area contributed by atoms with Crippen molar-refractivity contribution < 1.29 is 4.74 Å². The van der Waals surface area contributed by atoms with Crippen LogP contribution in [-0.2, 0) is 6.54 Å². The first-order valence-electron chi connectivity index (χ1n) is 9.03. The fourth-order valence-electron chi connectivity index (χ4n) is 3.52. The van der Waals surface area contributed by atoms with E-state index in [0.717, 1.165) is 64.2 Å². The van der Waals surface area contributed by atoms with E-state index >= 15 is 0 Å². The van der Waals surface area contributed by atoms with E-state index in [0.29, 0.717) is 0 Å². The molecular weight excluding hydrogens is 344 g/mol. The number of nitrogens with zero attached hydrogens (tertiary/aromatic N) is 3. The zero-order valence-electron chi connectivity index (χ0n) is 15.5. The zero-order valence-corrected chi connectivity index (χ0v) is 16.3. The number of benzene rings is 2. The highest BCUT2D eigenvalue weighted by Crippen LogP contribution is 2.50. The summed E-state index contributed by atoms with van der Waals surface area (Å²) in [4.78, 5) is 4.66. The van der Waals surface area contributed by atoms with Crippen molar-refractivity contribution in [3.05, 3.63) is 30.3 Å². The Labute approximate surface area is 158 Å². The number of likely N-dealkylation sites (N-methyl/N-ethyl adjacent to an activating group) is 1. The number of ether oxygens (including phenoxy) is 1. The van der Waals surface area contributed by atoms with Gasteiger partial charge in [-0.15, -0.1) is 0 Å². The number of methoxy groups -OCH3 is 1. The van der Waals surface area contributed by atoms with Crippen LogP contribution in [0, 0.1) is 0 Å². The minimum Gasteiger partial charge on any atom is -0.497 e. The van der Waals surface area contributed by atoms with E-state index in [-0.39, 0.29) is 0 Å². The third-order valence-corrected chi connectivity index (χ3v) is 6.28. The van der Waals surface area contributed by atoms with Crippen molar-refractivity contribution in [2.24, 2.45) is 0 Å². The van der Waals surface area contributed by atoms with Gasteiger partial charge in [-0.2, -0.15) is 5.10 Å². The second kappa shape index (κ2) is 6.85. The predicted molar refractivity (Wildman–Crippen MR) is 108 cm³/mol. The van der Waals surface area contributed by atoms with Crippen LogP contribution >= 0.6 is 11.8 Å². The lowest BCUT2D eigenvalue weighted by molar-refractivity contribution is 0.287. The van der Waals surface area contributed by atoms with Crippen LogP contribution in [0.15, 0.2) is 40.1 Å². The molecule has 26 heavy (non-hydrogen) atoms. The summed E-state index contributed by atoms with van der Waals surface area (Å²) in [5.74, 6) is 0.853. The molecule has 0 amide bonds. The summed E-state index contributed by atoms with van der Waals surface area (Å²) in [5.41, 5.74) is 10.4. The fourth-order valence-corrected chi connectivity index (χ4v) is 4.68. The van der Waals surface area contributed by atoms with E-state index in [1.165, 1.54) is 5.39 Å². The Kier molecular flexibility index (Phi) is 4.54. The Morgan fingerprint density at radius 3 is 2.73 bits per heavy atom. The van der Waals surface area contributed by atoms with Crippen LogP contribution < -0.4 is 10.5 Å². The van der Waals surface area contributed by atoms with Crippen molar-refractivity contribution in [3.8, 4) is 17.0 Å². The van der Waals surface area contributed by atoms with Gasteiger partial charge in [0.15, 0.2) is 0 Å². The molecule has 1 aliphatic heterocycles. The largest absolute Gasteiger partial charge is 0.497 e. The molecule has 3 aromatic rings. The maximum Gasteiger partial charge on any atom is 0.120 e. The average Bonchev–Trinajstić information content (AvgIpc) is 3.04. The highest BCUT2D eigenvalue weighted by Gasteiger charge is 2.25. The van der Waals surface area contributed by atoms with Crippen molar-refractivity contribution >= 4 is 28.4 Å². The molecule has 0 aliphatic carbocycles. The molecule has 0 bridgehead atoms. The lowest BCUT2D eigenvalue weighted by Crippen LogP contribution is -2.27. The third-order valence-electron chi connectivity index (χ3n) is 5.08. The zero-order chi connectivity index (χ0) is 18.3. The summed E-state index contributed by atoms with van der Waals surface area (Å²) < 4.78 is 7.52. The van der Waals surface area contributed by atoms with Crippen molar-refractivity contribution in [1.29, 1.82) is 0 Å². The molecular formula is C20H24N4OS. The predicted octanol–water partition coefficient (Wildman–Crippen LogP) is 4.10. The molecule has 0 spiro atoms. The molecule has 1 aromatic heterocycles. The number of aromatic nitrogens is 2. The molecule has 2 heterocycles. The summed E-state index contributed by atoms with van der Waals surface area (Å²) >= 11 is 1.71. The van der Waals surface area contributed by atoms with Gasteiger partial charge >= 0.3 is 0 Å². The van der Waals surface area contributed by atoms with Gasteiger partial charge in [-0.25, -0.2) is 0 Å². The fraction of sp³-hybridized carbons (Fsp3) is 0.350. The maximum absolute atomic E-state index is 6.30. The van der Waals surface area contributed by atoms with Gasteiger partial charge in [-0.05, 0) is 43.4 Å². The molecule has 136 valence electrons. The molecule has 0 radical (unpaired) electrons. The van der Waals surface area contributed by atoms with Crippen molar-refractivity contribution in [2.75, 3.05) is 32.5 Å². The van der Waals surface area contributed by atoms with Gasteiger partial charge in [0.2, 0.25) is 0 Å². The topological polar surface area (TPSA) is 56.3 Å². The normalized spacial score (nSPS) is 12.6. The van der Waals surface area contributed by atoms with E-state index < -0.39 is 0 Å². The van der Waals surface area contributed by atoms with Gasteiger partial charge in [-0.3, -0.25) is 4.68 Å². The van der Waals surface area contributed by atoms with Crippen LogP contribution in [0.25, 0.3) is 22.2 Å². The van der Waals surface area contributed by atoms with Gasteiger partial charge < -0.3 is 15.4 Å². The minimum absolute atomic E-state index is 0.806. The molecule has 6 heteroatoms. The minimum atomic E-state index is 0.806. The number of nitrogens with two attached hydrogens (primary N) is 1. The quantitative estimate of drug-likeness (QED) is 0.519. The molecule has 4 rings (SSSR count). The summed E-state index contributed by atoms with van der Waals surface area (Å²) in [5, 5.41) is 6.15. The van der Waals surface area contributed by atoms with E-state index in [4.69, 9.17) is 15.6 Å². The monoisotopic (exact) mass is 368 g/mol. The molecule has 2 aromatic carbocycles. The first kappa shape index (κ1) is 17.2. The number of rotatable bonds is 6. The van der Waals surface area contributed by atoms with Gasteiger partial charge in [0, 0.05) is 33.0 Å². The summed E-state index contributed by atoms with van der Waals surface area (Å²) in [6.07, 6.45) is 0. The van der Waals surface area contributed by atoms with Gasteiger partial charge in [0.1, 0.15) is 11.4 Å². The molecule has 0 fully saturated rings. The highest BCUT2D eigenvalue weighted by atomic mass is 32.2. The van der Waals surface area contributed by atoms with Crippen molar-refractivity contribution in [2.45, 2.75) is 30.2 Å². The Morgan fingerprint density at radius 1 is 1.19 bits per heavy atom. The number of fused-ring (bicyclic) bond motifs is 2. The van der Waals surface area contributed by atoms with E-state index in [9.17, 15) is 0 Å². The number of hydrogen-bond acceptors (Lipinski definition) is 5. The molecule has 5 nitrogen and oxygen atoms in total. The smallest absolute Gasteiger partial charge is 0.120 e. The molecule has 0 saturated carbocycles. The van der Waals surface area contributed by atoms with E-state index in [2.05, 4.69) is 41.6 Å². The van der Waals surface area contributed by atoms with Crippen molar-refractivity contribution in [1.82, 2.24) is 14.7 Å². The molecule has 1 aliphatic rings. The summed E-state index contributed by atoms with van der Waals surface area (Å²) in [6.45, 7) is 8.37. The van der Waals surface area contributed by atoms with E-state index in [1.54, 1.807) is 18.9 Å². The molecule has 2 N–H and O–H groups in total. The SMILES string of the molecule is CCN(CC)CCn1nc2c3c(c(N)ccc31)Sc1cc(OC)ccc1-2. The lowest BCUT2D eigenvalue weighted by atomic mass is 10.1. The van der Waals surface area contributed by atoms with Crippen molar-refractivity contribution in [3.63, 3.8) is 0 Å². The molecule has 0 unspecified atom stereocenters. The Bertz CT molecular complexity index is 962. The second-order valence-corrected chi connectivity index (χ2v) is 7.49. The van der Waals surface area contributed by atoms with Crippen LogP contribution in [-0.4, -0.2) is 41.4 Å². The second-order valence-electron chi connectivity index (χ2n) is 6.44. The first-order chi connectivity index (χ1) is 12.7. The summed E-state index contributed by atoms with van der Waals surface area (Å²) in [6, 6.07) is 10.3. The van der Waals surface area contributed by atoms with Crippen LogP contribution in [0.1, 0.15) is 13.8 Å². The number of anilines is 1. The van der Waals surface area contributed by atoms with Gasteiger partial charge in [0.25, 0.3) is 0 Å². The summed E-state index contributed by atoms with van der Waals surface area (Å²) in [7, 11) is 1.69. The lowest BCUT2D eigenvalue weighted by Gasteiger charge is -2.18. The number of nitrogen functional groups attached to an aromatic ring is 1. The maximum atomic E-state index is 6.30. The average molecular weight is 369 g/mol. The Balaban J connectivity index is 1.83. The Morgan fingerprint density at radius 2 is 2.00 bits per heavy atom. The molecule has 0 atom stereocenters. The third kappa shape index (κ3) is 2.73. The van der Waals surface area contributed by atoms with Crippen LogP contribution in [0.3, 0.4) is 0 Å². The van der Waals surface area contributed by atoms with Gasteiger partial charge in [0.05, 0.1) is 19.2 Å². The van der Waals surface area contributed by atoms with Gasteiger partial charge in [-0.1, -0.05) is 25.6 Å². The van der Waals surface area contributed by atoms with Crippen LogP contribution in [0.5, 0.6) is 5.75 Å². The standard InChI is InChI=1S/C20H24N4OS/c1-4-23(5-2)10-11-24-16-9-8-15(21)20-18(16)19(22-24)14-7-6-13(25-3)12-17(14)26-20/h6-9,12H,4-5,10-11,21H2,1-3H3. The highest BCUT2D eigenvalue weighted by molar-refractivity contribution is 8.00. The van der Waals surface area contributed by atoms with Crippen LogP contribution in [0.2, 0.25) is 0 Å². The first-order valence-corrected chi connectivity index (χ1v) is 9.85. The Hall–Kier alpha value is -2.18.